The first-order chi connectivity index (χ1) is 11.0. The van der Waals surface area contributed by atoms with Gasteiger partial charge in [0.15, 0.2) is 6.61 Å². The van der Waals surface area contributed by atoms with Gasteiger partial charge in [-0.15, -0.1) is 11.3 Å². The van der Waals surface area contributed by atoms with E-state index in [4.69, 9.17) is 14.6 Å². The molecule has 6 nitrogen and oxygen atoms in total. The van der Waals surface area contributed by atoms with E-state index < -0.39 is 12.6 Å². The number of allylic oxidation sites excluding steroid dienone is 1. The lowest BCUT2D eigenvalue weighted by Crippen LogP contribution is -2.10. The monoisotopic (exact) mass is 330 g/mol. The smallest absolute Gasteiger partial charge is 0.341 e. The zero-order valence-corrected chi connectivity index (χ0v) is 13.4. The molecule has 0 radical (unpaired) electrons. The molecule has 0 aliphatic heterocycles. The Morgan fingerprint density at radius 1 is 1.52 bits per heavy atom. The maximum Gasteiger partial charge on any atom is 0.341 e. The molecule has 0 spiro atoms. The summed E-state index contributed by atoms with van der Waals surface area (Å²) in [5.74, 6) is -0.224. The molecule has 0 saturated carbocycles. The van der Waals surface area contributed by atoms with Crippen molar-refractivity contribution in [3.05, 3.63) is 39.8 Å². The lowest BCUT2D eigenvalue weighted by Gasteiger charge is -2.09. The molecule has 1 N–H and O–H groups in total. The van der Waals surface area contributed by atoms with E-state index in [1.165, 1.54) is 18.4 Å². The van der Waals surface area contributed by atoms with E-state index in [9.17, 15) is 10.1 Å². The second kappa shape index (κ2) is 7.42. The number of carbonyl (C=O) groups is 1. The van der Waals surface area contributed by atoms with Crippen LogP contribution in [-0.4, -0.2) is 29.8 Å². The van der Waals surface area contributed by atoms with Crippen LogP contribution in [-0.2, 0) is 4.79 Å². The Bertz CT molecular complexity index is 790. The third-order valence-electron chi connectivity index (χ3n) is 2.84. The van der Waals surface area contributed by atoms with Crippen molar-refractivity contribution >= 4 is 29.0 Å². The molecule has 1 aromatic heterocycles. The van der Waals surface area contributed by atoms with Gasteiger partial charge in [-0.3, -0.25) is 0 Å². The largest absolute Gasteiger partial charge is 0.497 e. The summed E-state index contributed by atoms with van der Waals surface area (Å²) >= 11 is 1.37. The Hall–Kier alpha value is -2.85. The topological polar surface area (TPSA) is 92.4 Å². The minimum absolute atomic E-state index is 0.327. The lowest BCUT2D eigenvalue weighted by molar-refractivity contribution is -0.139. The van der Waals surface area contributed by atoms with Crippen molar-refractivity contribution in [3.63, 3.8) is 0 Å². The van der Waals surface area contributed by atoms with Gasteiger partial charge in [-0.05, 0) is 25.1 Å². The Balaban J connectivity index is 2.42. The number of hydrogen-bond acceptors (Lipinski definition) is 6. The van der Waals surface area contributed by atoms with Crippen LogP contribution in [0.1, 0.15) is 16.3 Å². The molecule has 2 rings (SSSR count). The zero-order chi connectivity index (χ0) is 16.8. The number of carboxylic acid groups (broad SMARTS) is 1. The molecule has 0 unspecified atom stereocenters. The van der Waals surface area contributed by atoms with Gasteiger partial charge in [0.1, 0.15) is 22.6 Å². The first-order valence-electron chi connectivity index (χ1n) is 6.60. The SMILES string of the molecule is COc1ccc(/C=C(/C#N)c2nc(C)cs2)c(OCC(=O)O)c1. The first kappa shape index (κ1) is 16.5. The molecule has 23 heavy (non-hydrogen) atoms. The fourth-order valence-corrected chi connectivity index (χ4v) is 2.56. The quantitative estimate of drug-likeness (QED) is 0.819. The van der Waals surface area contributed by atoms with Crippen molar-refractivity contribution < 1.29 is 19.4 Å². The number of aliphatic carboxylic acids is 1. The number of nitrogens with zero attached hydrogens (tertiary/aromatic N) is 2. The van der Waals surface area contributed by atoms with E-state index in [-0.39, 0.29) is 0 Å². The van der Waals surface area contributed by atoms with Gasteiger partial charge in [-0.2, -0.15) is 5.26 Å². The summed E-state index contributed by atoms with van der Waals surface area (Å²) in [6, 6.07) is 7.10. The van der Waals surface area contributed by atoms with Crippen molar-refractivity contribution in [2.24, 2.45) is 0 Å². The standard InChI is InChI=1S/C16H14N2O4S/c1-10-9-23-16(18-10)12(7-17)5-11-3-4-13(21-2)6-14(11)22-8-15(19)20/h3-6,9H,8H2,1-2H3,(H,19,20)/b12-5-. The van der Waals surface area contributed by atoms with Crippen LogP contribution < -0.4 is 9.47 Å². The molecular weight excluding hydrogens is 316 g/mol. The summed E-state index contributed by atoms with van der Waals surface area (Å²) in [4.78, 5) is 15.0. The molecular formula is C16H14N2O4S. The number of methoxy groups -OCH3 is 1. The van der Waals surface area contributed by atoms with Gasteiger partial charge in [0.05, 0.1) is 12.7 Å². The van der Waals surface area contributed by atoms with Crippen LogP contribution in [0.25, 0.3) is 11.6 Å². The molecule has 0 bridgehead atoms. The van der Waals surface area contributed by atoms with Gasteiger partial charge in [-0.25, -0.2) is 9.78 Å². The molecule has 1 heterocycles. The number of hydrogen-bond donors (Lipinski definition) is 1. The molecule has 0 aliphatic rings. The van der Waals surface area contributed by atoms with Gasteiger partial charge in [-0.1, -0.05) is 0 Å². The summed E-state index contributed by atoms with van der Waals surface area (Å²) in [5.41, 5.74) is 1.80. The summed E-state index contributed by atoms with van der Waals surface area (Å²) < 4.78 is 10.4. The summed E-state index contributed by atoms with van der Waals surface area (Å²) in [6.45, 7) is 1.37. The lowest BCUT2D eigenvalue weighted by atomic mass is 10.1. The van der Waals surface area contributed by atoms with E-state index in [0.29, 0.717) is 27.6 Å². The Morgan fingerprint density at radius 2 is 2.30 bits per heavy atom. The predicted molar refractivity (Wildman–Crippen MR) is 86.5 cm³/mol. The van der Waals surface area contributed by atoms with Gasteiger partial charge < -0.3 is 14.6 Å². The maximum atomic E-state index is 10.7. The molecule has 0 amide bonds. The predicted octanol–water partition coefficient (Wildman–Crippen LogP) is 2.99. The fraction of sp³-hybridized carbons (Fsp3) is 0.188. The average Bonchev–Trinajstić information content (AvgIpc) is 2.97. The number of aryl methyl sites for hydroxylation is 1. The fourth-order valence-electron chi connectivity index (χ4n) is 1.80. The number of thiazole rings is 1. The number of nitriles is 1. The van der Waals surface area contributed by atoms with E-state index in [1.807, 2.05) is 12.3 Å². The highest BCUT2D eigenvalue weighted by Crippen LogP contribution is 2.29. The highest BCUT2D eigenvalue weighted by Gasteiger charge is 2.10. The highest BCUT2D eigenvalue weighted by molar-refractivity contribution is 7.11. The van der Waals surface area contributed by atoms with Crippen LogP contribution in [0, 0.1) is 18.3 Å². The zero-order valence-electron chi connectivity index (χ0n) is 12.6. The summed E-state index contributed by atoms with van der Waals surface area (Å²) in [5, 5.41) is 20.6. The second-order valence-corrected chi connectivity index (χ2v) is 5.41. The van der Waals surface area contributed by atoms with Crippen LogP contribution in [0.2, 0.25) is 0 Å². The Labute approximate surface area is 137 Å². The highest BCUT2D eigenvalue weighted by atomic mass is 32.1. The summed E-state index contributed by atoms with van der Waals surface area (Å²) in [7, 11) is 1.50. The molecule has 7 heteroatoms. The minimum atomic E-state index is -1.08. The van der Waals surface area contributed by atoms with Gasteiger partial charge >= 0.3 is 5.97 Å². The van der Waals surface area contributed by atoms with Gasteiger partial charge in [0.25, 0.3) is 0 Å². The molecule has 0 aliphatic carbocycles. The number of aromatic nitrogens is 1. The van der Waals surface area contributed by atoms with Gasteiger partial charge in [0.2, 0.25) is 0 Å². The third-order valence-corrected chi connectivity index (χ3v) is 3.84. The van der Waals surface area contributed by atoms with Gasteiger partial charge in [0, 0.05) is 22.7 Å². The molecule has 118 valence electrons. The third kappa shape index (κ3) is 4.31. The van der Waals surface area contributed by atoms with Crippen LogP contribution in [0.5, 0.6) is 11.5 Å². The molecule has 1 aromatic carbocycles. The Kier molecular flexibility index (Phi) is 5.33. The number of carboxylic acids is 1. The van der Waals surface area contributed by atoms with E-state index >= 15 is 0 Å². The molecule has 0 fully saturated rings. The Morgan fingerprint density at radius 3 is 2.87 bits per heavy atom. The van der Waals surface area contributed by atoms with E-state index in [2.05, 4.69) is 11.1 Å². The molecule has 0 atom stereocenters. The minimum Gasteiger partial charge on any atom is -0.497 e. The van der Waals surface area contributed by atoms with Crippen LogP contribution in [0.4, 0.5) is 0 Å². The summed E-state index contributed by atoms with van der Waals surface area (Å²) in [6.07, 6.45) is 1.62. The van der Waals surface area contributed by atoms with E-state index in [0.717, 1.165) is 5.69 Å². The molecule has 0 saturated heterocycles. The number of rotatable bonds is 6. The van der Waals surface area contributed by atoms with Crippen molar-refractivity contribution in [1.82, 2.24) is 4.98 Å². The normalized spacial score (nSPS) is 10.9. The van der Waals surface area contributed by atoms with Crippen LogP contribution in [0.15, 0.2) is 23.6 Å². The second-order valence-electron chi connectivity index (χ2n) is 4.55. The van der Waals surface area contributed by atoms with Crippen molar-refractivity contribution in [1.29, 1.82) is 5.26 Å². The van der Waals surface area contributed by atoms with Crippen molar-refractivity contribution in [2.75, 3.05) is 13.7 Å². The molecule has 2 aromatic rings. The van der Waals surface area contributed by atoms with Crippen LogP contribution >= 0.6 is 11.3 Å². The van der Waals surface area contributed by atoms with E-state index in [1.54, 1.807) is 24.3 Å². The van der Waals surface area contributed by atoms with Crippen LogP contribution in [0.3, 0.4) is 0 Å². The number of ether oxygens (including phenoxy) is 2. The number of benzene rings is 1. The average molecular weight is 330 g/mol. The van der Waals surface area contributed by atoms with Crippen molar-refractivity contribution in [3.8, 4) is 17.6 Å². The first-order valence-corrected chi connectivity index (χ1v) is 7.48. The maximum absolute atomic E-state index is 10.7. The van der Waals surface area contributed by atoms with Crippen molar-refractivity contribution in [2.45, 2.75) is 6.92 Å².